The number of pyridine rings is 1. The van der Waals surface area contributed by atoms with Crippen LogP contribution in [0.3, 0.4) is 0 Å². The number of carbonyl (C=O) groups is 1. The van der Waals surface area contributed by atoms with E-state index in [1.165, 1.54) is 11.3 Å². The number of carbonyl (C=O) groups excluding carboxylic acids is 1. The zero-order chi connectivity index (χ0) is 14.2. The van der Waals surface area contributed by atoms with Gasteiger partial charge in [-0.25, -0.2) is 0 Å². The van der Waals surface area contributed by atoms with Crippen LogP contribution >= 0.6 is 11.3 Å². The van der Waals surface area contributed by atoms with Crippen LogP contribution in [0.15, 0.2) is 24.5 Å². The zero-order valence-corrected chi connectivity index (χ0v) is 11.9. The number of hydrogen-bond donors (Lipinski definition) is 1. The maximum absolute atomic E-state index is 12.1. The number of aromatic nitrogens is 5. The first-order valence-corrected chi connectivity index (χ1v) is 7.52. The van der Waals surface area contributed by atoms with Gasteiger partial charge in [-0.05, 0) is 24.5 Å². The first-order valence-electron chi connectivity index (χ1n) is 6.70. The topological polar surface area (TPSA) is 85.1 Å². The third-order valence-electron chi connectivity index (χ3n) is 3.33. The molecule has 1 aliphatic rings. The van der Waals surface area contributed by atoms with Gasteiger partial charge in [0.25, 0.3) is 5.91 Å². The highest BCUT2D eigenvalue weighted by Gasteiger charge is 2.30. The van der Waals surface area contributed by atoms with E-state index in [-0.39, 0.29) is 5.91 Å². The molecule has 0 aliphatic heterocycles. The fourth-order valence-electron chi connectivity index (χ4n) is 2.08. The van der Waals surface area contributed by atoms with Gasteiger partial charge in [-0.1, -0.05) is 17.4 Å². The fraction of sp³-hybridized carbons (Fsp3) is 0.308. The largest absolute Gasteiger partial charge is 0.346 e. The molecular formula is C13H12N6OS. The van der Waals surface area contributed by atoms with Crippen molar-refractivity contribution in [3.8, 4) is 0 Å². The van der Waals surface area contributed by atoms with Crippen molar-refractivity contribution >= 4 is 22.2 Å². The van der Waals surface area contributed by atoms with Gasteiger partial charge in [-0.2, -0.15) is 4.52 Å². The molecule has 7 nitrogen and oxygen atoms in total. The van der Waals surface area contributed by atoms with Crippen LogP contribution in [0.2, 0.25) is 0 Å². The molecule has 21 heavy (non-hydrogen) atoms. The Morgan fingerprint density at radius 2 is 2.33 bits per heavy atom. The van der Waals surface area contributed by atoms with Gasteiger partial charge in [-0.15, -0.1) is 15.3 Å². The molecule has 0 spiro atoms. The summed E-state index contributed by atoms with van der Waals surface area (Å²) in [6.45, 7) is 0.433. The van der Waals surface area contributed by atoms with Crippen molar-refractivity contribution in [1.82, 2.24) is 30.1 Å². The molecule has 4 rings (SSSR count). The quantitative estimate of drug-likeness (QED) is 0.787. The summed E-state index contributed by atoms with van der Waals surface area (Å²) < 4.78 is 1.70. The van der Waals surface area contributed by atoms with Crippen LogP contribution in [0.1, 0.15) is 39.9 Å². The summed E-state index contributed by atoms with van der Waals surface area (Å²) in [6, 6.07) is 3.75. The molecule has 1 saturated carbocycles. The van der Waals surface area contributed by atoms with Crippen LogP contribution in [0.5, 0.6) is 0 Å². The standard InChI is InChI=1S/C13H12N6OS/c20-11(15-7-8-2-1-5-14-6-8)12-18-19-10(9-3-4-9)16-17-13(19)21-12/h1-2,5-6,9H,3-4,7H2,(H,15,20). The summed E-state index contributed by atoms with van der Waals surface area (Å²) in [7, 11) is 0. The highest BCUT2D eigenvalue weighted by atomic mass is 32.1. The van der Waals surface area contributed by atoms with E-state index in [0.29, 0.717) is 22.4 Å². The number of nitrogens with zero attached hydrogens (tertiary/aromatic N) is 5. The SMILES string of the molecule is O=C(NCc1cccnc1)c1nn2c(C3CC3)nnc2s1. The number of hydrogen-bond acceptors (Lipinski definition) is 6. The van der Waals surface area contributed by atoms with Crippen molar-refractivity contribution in [2.75, 3.05) is 0 Å². The van der Waals surface area contributed by atoms with Crippen molar-refractivity contribution in [3.05, 3.63) is 40.9 Å². The monoisotopic (exact) mass is 300 g/mol. The molecule has 0 bridgehead atoms. The van der Waals surface area contributed by atoms with Crippen molar-refractivity contribution in [3.63, 3.8) is 0 Å². The average molecular weight is 300 g/mol. The minimum absolute atomic E-state index is 0.198. The molecular weight excluding hydrogens is 288 g/mol. The van der Waals surface area contributed by atoms with Gasteiger partial charge in [-0.3, -0.25) is 9.78 Å². The highest BCUT2D eigenvalue weighted by Crippen LogP contribution is 2.39. The smallest absolute Gasteiger partial charge is 0.282 e. The number of nitrogens with one attached hydrogen (secondary N) is 1. The van der Waals surface area contributed by atoms with E-state index in [1.54, 1.807) is 16.9 Å². The Morgan fingerprint density at radius 1 is 1.43 bits per heavy atom. The van der Waals surface area contributed by atoms with Crippen LogP contribution in [0, 0.1) is 0 Å². The molecule has 3 heterocycles. The molecule has 8 heteroatoms. The first kappa shape index (κ1) is 12.4. The second-order valence-electron chi connectivity index (χ2n) is 4.98. The molecule has 0 aromatic carbocycles. The first-order chi connectivity index (χ1) is 10.3. The highest BCUT2D eigenvalue weighted by molar-refractivity contribution is 7.18. The van der Waals surface area contributed by atoms with E-state index in [0.717, 1.165) is 24.2 Å². The van der Waals surface area contributed by atoms with Crippen LogP contribution in [-0.4, -0.2) is 30.7 Å². The normalized spacial score (nSPS) is 14.5. The van der Waals surface area contributed by atoms with Gasteiger partial charge in [0.05, 0.1) is 0 Å². The van der Waals surface area contributed by atoms with Crippen LogP contribution in [-0.2, 0) is 6.54 Å². The summed E-state index contributed by atoms with van der Waals surface area (Å²) in [5.74, 6) is 1.12. The summed E-state index contributed by atoms with van der Waals surface area (Å²) >= 11 is 1.26. The van der Waals surface area contributed by atoms with Gasteiger partial charge in [0.1, 0.15) is 0 Å². The van der Waals surface area contributed by atoms with E-state index in [9.17, 15) is 4.79 Å². The predicted molar refractivity (Wildman–Crippen MR) is 76.0 cm³/mol. The van der Waals surface area contributed by atoms with Crippen molar-refractivity contribution in [1.29, 1.82) is 0 Å². The maximum Gasteiger partial charge on any atom is 0.282 e. The van der Waals surface area contributed by atoms with Crippen LogP contribution in [0.25, 0.3) is 4.96 Å². The lowest BCUT2D eigenvalue weighted by Crippen LogP contribution is -2.23. The molecule has 1 amide bonds. The lowest BCUT2D eigenvalue weighted by atomic mass is 10.3. The number of amides is 1. The van der Waals surface area contributed by atoms with Crippen LogP contribution < -0.4 is 5.32 Å². The Hall–Kier alpha value is -2.35. The second kappa shape index (κ2) is 4.88. The Morgan fingerprint density at radius 3 is 3.10 bits per heavy atom. The Bertz CT molecular complexity index is 791. The number of rotatable bonds is 4. The van der Waals surface area contributed by atoms with E-state index >= 15 is 0 Å². The molecule has 3 aromatic heterocycles. The van der Waals surface area contributed by atoms with E-state index in [1.807, 2.05) is 12.1 Å². The Labute approximate surface area is 124 Å². The van der Waals surface area contributed by atoms with E-state index < -0.39 is 0 Å². The lowest BCUT2D eigenvalue weighted by Gasteiger charge is -2.01. The molecule has 0 unspecified atom stereocenters. The average Bonchev–Trinajstić information content (AvgIpc) is 3.14. The minimum Gasteiger partial charge on any atom is -0.346 e. The second-order valence-corrected chi connectivity index (χ2v) is 5.93. The molecule has 1 fully saturated rings. The zero-order valence-electron chi connectivity index (χ0n) is 11.1. The summed E-state index contributed by atoms with van der Waals surface area (Å²) in [6.07, 6.45) is 5.68. The van der Waals surface area contributed by atoms with Crippen LogP contribution in [0.4, 0.5) is 0 Å². The third-order valence-corrected chi connectivity index (χ3v) is 4.23. The van der Waals surface area contributed by atoms with Gasteiger partial charge in [0.2, 0.25) is 9.97 Å². The summed E-state index contributed by atoms with van der Waals surface area (Å²) in [4.78, 5) is 16.8. The predicted octanol–water partition coefficient (Wildman–Crippen LogP) is 1.39. The molecule has 0 atom stereocenters. The lowest BCUT2D eigenvalue weighted by molar-refractivity contribution is 0.0949. The van der Waals surface area contributed by atoms with E-state index in [4.69, 9.17) is 0 Å². The van der Waals surface area contributed by atoms with Gasteiger partial charge >= 0.3 is 0 Å². The molecule has 1 N–H and O–H groups in total. The summed E-state index contributed by atoms with van der Waals surface area (Å²) in [5.41, 5.74) is 0.951. The Balaban J connectivity index is 1.51. The molecule has 0 saturated heterocycles. The summed E-state index contributed by atoms with van der Waals surface area (Å²) in [5, 5.41) is 15.8. The number of fused-ring (bicyclic) bond motifs is 1. The Kier molecular flexibility index (Phi) is 2.88. The van der Waals surface area contributed by atoms with Gasteiger partial charge in [0.15, 0.2) is 5.82 Å². The van der Waals surface area contributed by atoms with Crippen molar-refractivity contribution < 1.29 is 4.79 Å². The van der Waals surface area contributed by atoms with Crippen molar-refractivity contribution in [2.45, 2.75) is 25.3 Å². The molecule has 3 aromatic rings. The molecule has 1 aliphatic carbocycles. The maximum atomic E-state index is 12.1. The minimum atomic E-state index is -0.198. The van der Waals surface area contributed by atoms with Crippen molar-refractivity contribution in [2.24, 2.45) is 0 Å². The van der Waals surface area contributed by atoms with E-state index in [2.05, 4.69) is 25.6 Å². The molecule has 0 radical (unpaired) electrons. The third kappa shape index (κ3) is 2.38. The van der Waals surface area contributed by atoms with Gasteiger partial charge < -0.3 is 5.32 Å². The van der Waals surface area contributed by atoms with Gasteiger partial charge in [0, 0.05) is 24.9 Å². The molecule has 106 valence electrons. The fourth-order valence-corrected chi connectivity index (χ4v) is 2.84.